The second-order valence-corrected chi connectivity index (χ2v) is 4.65. The Morgan fingerprint density at radius 3 is 2.68 bits per heavy atom. The maximum Gasteiger partial charge on any atom is 0.137 e. The van der Waals surface area contributed by atoms with Gasteiger partial charge in [-0.3, -0.25) is 0 Å². The molecule has 3 aromatic rings. The molecule has 0 fully saturated rings. The van der Waals surface area contributed by atoms with Crippen LogP contribution in [-0.2, 0) is 6.54 Å². The van der Waals surface area contributed by atoms with Gasteiger partial charge in [-0.25, -0.2) is 4.98 Å². The SMILES string of the molecule is CN(Cc1cn2ccccc2n1)c1ccc(N)cc1. The van der Waals surface area contributed by atoms with Crippen LogP contribution in [0.25, 0.3) is 5.65 Å². The van der Waals surface area contributed by atoms with Gasteiger partial charge in [-0.2, -0.15) is 0 Å². The van der Waals surface area contributed by atoms with Crippen LogP contribution in [0.4, 0.5) is 11.4 Å². The highest BCUT2D eigenvalue weighted by molar-refractivity contribution is 5.53. The van der Waals surface area contributed by atoms with E-state index < -0.39 is 0 Å². The molecule has 1 aromatic carbocycles. The van der Waals surface area contributed by atoms with Crippen LogP contribution >= 0.6 is 0 Å². The predicted molar refractivity (Wildman–Crippen MR) is 78.2 cm³/mol. The Labute approximate surface area is 112 Å². The summed E-state index contributed by atoms with van der Waals surface area (Å²) in [6.07, 6.45) is 4.07. The highest BCUT2D eigenvalue weighted by Gasteiger charge is 2.05. The number of nitrogen functional groups attached to an aromatic ring is 1. The summed E-state index contributed by atoms with van der Waals surface area (Å²) >= 11 is 0. The van der Waals surface area contributed by atoms with E-state index >= 15 is 0 Å². The van der Waals surface area contributed by atoms with Gasteiger partial charge >= 0.3 is 0 Å². The number of hydrogen-bond donors (Lipinski definition) is 1. The minimum atomic E-state index is 0.769. The van der Waals surface area contributed by atoms with Gasteiger partial charge in [0, 0.05) is 30.8 Å². The Bertz CT molecular complexity index is 652. The van der Waals surface area contributed by atoms with Crippen molar-refractivity contribution in [2.45, 2.75) is 6.54 Å². The number of anilines is 2. The van der Waals surface area contributed by atoms with Crippen molar-refractivity contribution in [1.29, 1.82) is 0 Å². The Hall–Kier alpha value is -2.49. The van der Waals surface area contributed by atoms with Crippen molar-refractivity contribution < 1.29 is 0 Å². The minimum absolute atomic E-state index is 0.769. The monoisotopic (exact) mass is 252 g/mol. The fourth-order valence-corrected chi connectivity index (χ4v) is 2.13. The number of nitrogens with two attached hydrogens (primary N) is 1. The maximum atomic E-state index is 5.70. The summed E-state index contributed by atoms with van der Waals surface area (Å²) in [4.78, 5) is 6.75. The van der Waals surface area contributed by atoms with E-state index in [1.165, 1.54) is 0 Å². The lowest BCUT2D eigenvalue weighted by molar-refractivity contribution is 0.896. The number of imidazole rings is 1. The number of fused-ring (bicyclic) bond motifs is 1. The molecule has 0 saturated heterocycles. The molecular formula is C15H16N4. The first-order chi connectivity index (χ1) is 9.22. The summed E-state index contributed by atoms with van der Waals surface area (Å²) < 4.78 is 2.03. The van der Waals surface area contributed by atoms with Crippen LogP contribution in [0.1, 0.15) is 5.69 Å². The number of hydrogen-bond acceptors (Lipinski definition) is 3. The second-order valence-electron chi connectivity index (χ2n) is 4.65. The Morgan fingerprint density at radius 1 is 1.16 bits per heavy atom. The van der Waals surface area contributed by atoms with Crippen LogP contribution in [-0.4, -0.2) is 16.4 Å². The van der Waals surface area contributed by atoms with E-state index in [0.29, 0.717) is 0 Å². The molecule has 0 atom stereocenters. The summed E-state index contributed by atoms with van der Waals surface area (Å²) in [5, 5.41) is 0. The van der Waals surface area contributed by atoms with Crippen LogP contribution < -0.4 is 10.6 Å². The third kappa shape index (κ3) is 2.38. The van der Waals surface area contributed by atoms with E-state index in [9.17, 15) is 0 Å². The van der Waals surface area contributed by atoms with Crippen molar-refractivity contribution >= 4 is 17.0 Å². The average molecular weight is 252 g/mol. The normalized spacial score (nSPS) is 10.8. The first-order valence-electron chi connectivity index (χ1n) is 6.22. The van der Waals surface area contributed by atoms with Crippen molar-refractivity contribution in [2.24, 2.45) is 0 Å². The molecule has 2 aromatic heterocycles. The number of aromatic nitrogens is 2. The molecule has 19 heavy (non-hydrogen) atoms. The van der Waals surface area contributed by atoms with Crippen molar-refractivity contribution in [3.8, 4) is 0 Å². The molecule has 4 nitrogen and oxygen atoms in total. The van der Waals surface area contributed by atoms with Crippen molar-refractivity contribution in [2.75, 3.05) is 17.7 Å². The van der Waals surface area contributed by atoms with E-state index in [2.05, 4.69) is 23.1 Å². The van der Waals surface area contributed by atoms with Crippen LogP contribution in [0.15, 0.2) is 54.9 Å². The van der Waals surface area contributed by atoms with Crippen LogP contribution in [0.3, 0.4) is 0 Å². The molecule has 0 aliphatic heterocycles. The molecule has 2 heterocycles. The standard InChI is InChI=1S/C15H16N4/c1-18(14-7-5-12(16)6-8-14)10-13-11-19-9-3-2-4-15(19)17-13/h2-9,11H,10,16H2,1H3. The molecular weight excluding hydrogens is 236 g/mol. The van der Waals surface area contributed by atoms with E-state index in [-0.39, 0.29) is 0 Å². The van der Waals surface area contributed by atoms with Gasteiger partial charge in [-0.05, 0) is 36.4 Å². The minimum Gasteiger partial charge on any atom is -0.399 e. The number of pyridine rings is 1. The number of benzene rings is 1. The topological polar surface area (TPSA) is 46.6 Å². The molecule has 0 saturated carbocycles. The fourth-order valence-electron chi connectivity index (χ4n) is 2.13. The lowest BCUT2D eigenvalue weighted by atomic mass is 10.2. The molecule has 4 heteroatoms. The molecule has 3 rings (SSSR count). The summed E-state index contributed by atoms with van der Waals surface area (Å²) in [6, 6.07) is 13.9. The third-order valence-corrected chi connectivity index (χ3v) is 3.15. The van der Waals surface area contributed by atoms with Gasteiger partial charge < -0.3 is 15.0 Å². The molecule has 96 valence electrons. The molecule has 2 N–H and O–H groups in total. The second kappa shape index (κ2) is 4.65. The zero-order valence-electron chi connectivity index (χ0n) is 10.8. The van der Waals surface area contributed by atoms with E-state index in [4.69, 9.17) is 5.73 Å². The van der Waals surface area contributed by atoms with Crippen LogP contribution in [0.2, 0.25) is 0 Å². The Balaban J connectivity index is 1.82. The zero-order valence-corrected chi connectivity index (χ0v) is 10.8. The first-order valence-corrected chi connectivity index (χ1v) is 6.22. The number of nitrogens with zero attached hydrogens (tertiary/aromatic N) is 3. The summed E-state index contributed by atoms with van der Waals surface area (Å²) in [5.74, 6) is 0. The average Bonchev–Trinajstić information content (AvgIpc) is 2.81. The Morgan fingerprint density at radius 2 is 1.95 bits per heavy atom. The van der Waals surface area contributed by atoms with Crippen molar-refractivity contribution in [1.82, 2.24) is 9.38 Å². The van der Waals surface area contributed by atoms with E-state index in [0.717, 1.165) is 29.3 Å². The van der Waals surface area contributed by atoms with Crippen LogP contribution in [0, 0.1) is 0 Å². The fraction of sp³-hybridized carbons (Fsp3) is 0.133. The highest BCUT2D eigenvalue weighted by Crippen LogP contribution is 2.17. The van der Waals surface area contributed by atoms with Gasteiger partial charge in [0.1, 0.15) is 5.65 Å². The van der Waals surface area contributed by atoms with Gasteiger partial charge in [0.15, 0.2) is 0 Å². The summed E-state index contributed by atoms with van der Waals surface area (Å²) in [5.41, 5.74) is 9.63. The molecule has 0 bridgehead atoms. The summed E-state index contributed by atoms with van der Waals surface area (Å²) in [7, 11) is 2.05. The largest absolute Gasteiger partial charge is 0.399 e. The maximum absolute atomic E-state index is 5.70. The van der Waals surface area contributed by atoms with Gasteiger partial charge in [0.2, 0.25) is 0 Å². The predicted octanol–water partition coefficient (Wildman–Crippen LogP) is 2.55. The number of rotatable bonds is 3. The first kappa shape index (κ1) is 11.6. The third-order valence-electron chi connectivity index (χ3n) is 3.15. The van der Waals surface area contributed by atoms with Crippen LogP contribution in [0.5, 0.6) is 0 Å². The van der Waals surface area contributed by atoms with Crippen molar-refractivity contribution in [3.05, 3.63) is 60.6 Å². The zero-order chi connectivity index (χ0) is 13.2. The molecule has 0 amide bonds. The molecule has 0 aliphatic rings. The molecule has 0 aliphatic carbocycles. The molecule has 0 unspecified atom stereocenters. The molecule has 0 spiro atoms. The lowest BCUT2D eigenvalue weighted by Gasteiger charge is -2.17. The van der Waals surface area contributed by atoms with E-state index in [1.807, 2.05) is 53.1 Å². The Kier molecular flexibility index (Phi) is 2.83. The summed E-state index contributed by atoms with van der Waals surface area (Å²) in [6.45, 7) is 0.769. The van der Waals surface area contributed by atoms with Gasteiger partial charge in [-0.1, -0.05) is 6.07 Å². The van der Waals surface area contributed by atoms with Gasteiger partial charge in [0.25, 0.3) is 0 Å². The lowest BCUT2D eigenvalue weighted by Crippen LogP contribution is -2.16. The smallest absolute Gasteiger partial charge is 0.137 e. The highest BCUT2D eigenvalue weighted by atomic mass is 15.1. The van der Waals surface area contributed by atoms with Gasteiger partial charge in [0.05, 0.1) is 12.2 Å². The molecule has 0 radical (unpaired) electrons. The van der Waals surface area contributed by atoms with E-state index in [1.54, 1.807) is 0 Å². The van der Waals surface area contributed by atoms with Gasteiger partial charge in [-0.15, -0.1) is 0 Å². The quantitative estimate of drug-likeness (QED) is 0.729. The van der Waals surface area contributed by atoms with Crippen molar-refractivity contribution in [3.63, 3.8) is 0 Å².